The van der Waals surface area contributed by atoms with E-state index in [1.54, 1.807) is 40.7 Å². The molecule has 0 amide bonds. The summed E-state index contributed by atoms with van der Waals surface area (Å²) in [5.41, 5.74) is 4.51. The van der Waals surface area contributed by atoms with E-state index in [9.17, 15) is 18.6 Å². The van der Waals surface area contributed by atoms with Gasteiger partial charge in [0.25, 0.3) is 0 Å². The molecule has 0 aromatic heterocycles. The molecule has 0 atom stereocenters. The van der Waals surface area contributed by atoms with Crippen molar-refractivity contribution >= 4 is 9.84 Å². The maximum Gasteiger partial charge on any atom is 0.214 e. The predicted octanol–water partition coefficient (Wildman–Crippen LogP) is 4.09. The van der Waals surface area contributed by atoms with Crippen molar-refractivity contribution in [3.05, 3.63) is 45.0 Å². The fourth-order valence-corrected chi connectivity index (χ4v) is 5.20. The first-order chi connectivity index (χ1) is 10.9. The van der Waals surface area contributed by atoms with Crippen LogP contribution in [0.4, 0.5) is 0 Å². The average Bonchev–Trinajstić information content (AvgIpc) is 2.49. The van der Waals surface area contributed by atoms with E-state index < -0.39 is 9.84 Å². The molecule has 5 heteroatoms. The van der Waals surface area contributed by atoms with Crippen LogP contribution in [-0.4, -0.2) is 18.6 Å². The topological polar surface area (TPSA) is 74.6 Å². The SMILES string of the molecule is Cc1cc(C)c(O)c(S(=O)(=O)c2c(C)c(C)c(C)c(C)c2O)c1C. The summed E-state index contributed by atoms with van der Waals surface area (Å²) >= 11 is 0. The summed E-state index contributed by atoms with van der Waals surface area (Å²) in [7, 11) is -4.07. The van der Waals surface area contributed by atoms with Crippen molar-refractivity contribution in [3.8, 4) is 11.5 Å². The molecular formula is C19H24O4S. The number of aryl methyl sites for hydroxylation is 2. The van der Waals surface area contributed by atoms with E-state index in [1.807, 2.05) is 13.8 Å². The van der Waals surface area contributed by atoms with Gasteiger partial charge in [-0.05, 0) is 87.4 Å². The quantitative estimate of drug-likeness (QED) is 0.857. The fourth-order valence-electron chi connectivity index (χ4n) is 3.06. The number of hydrogen-bond donors (Lipinski definition) is 2. The number of aromatic hydroxyl groups is 2. The van der Waals surface area contributed by atoms with Gasteiger partial charge in [0.2, 0.25) is 9.84 Å². The van der Waals surface area contributed by atoms with E-state index in [0.29, 0.717) is 22.3 Å². The second-order valence-corrected chi connectivity index (χ2v) is 8.32. The molecule has 0 saturated heterocycles. The monoisotopic (exact) mass is 348 g/mol. The van der Waals surface area contributed by atoms with Crippen LogP contribution < -0.4 is 0 Å². The Kier molecular flexibility index (Phi) is 4.44. The van der Waals surface area contributed by atoms with Crippen LogP contribution in [0.2, 0.25) is 0 Å². The van der Waals surface area contributed by atoms with Crippen molar-refractivity contribution in [2.24, 2.45) is 0 Å². The fraction of sp³-hybridized carbons (Fsp3) is 0.368. The second-order valence-electron chi connectivity index (χ2n) is 6.49. The molecule has 0 fully saturated rings. The Hall–Kier alpha value is -2.01. The summed E-state index contributed by atoms with van der Waals surface area (Å²) in [6.07, 6.45) is 0. The van der Waals surface area contributed by atoms with Crippen LogP contribution in [0.15, 0.2) is 15.9 Å². The van der Waals surface area contributed by atoms with Crippen molar-refractivity contribution in [2.75, 3.05) is 0 Å². The van der Waals surface area contributed by atoms with Crippen LogP contribution in [0, 0.1) is 48.5 Å². The molecule has 130 valence electrons. The van der Waals surface area contributed by atoms with Gasteiger partial charge >= 0.3 is 0 Å². The van der Waals surface area contributed by atoms with Gasteiger partial charge in [0.05, 0.1) is 0 Å². The first-order valence-corrected chi connectivity index (χ1v) is 9.25. The van der Waals surface area contributed by atoms with Crippen LogP contribution in [0.25, 0.3) is 0 Å². The molecule has 2 aromatic rings. The molecule has 0 aliphatic heterocycles. The Bertz CT molecular complexity index is 899. The standard InChI is InChI=1S/C19H24O4S/c1-9-8-10(2)16(20)18(11(9)3)24(22,23)19-15(7)13(5)12(4)14(6)17(19)21/h8,20-21H,1-7H3. The van der Waals surface area contributed by atoms with Crippen molar-refractivity contribution < 1.29 is 18.6 Å². The van der Waals surface area contributed by atoms with E-state index in [-0.39, 0.29) is 21.3 Å². The summed E-state index contributed by atoms with van der Waals surface area (Å²) in [6, 6.07) is 1.75. The van der Waals surface area contributed by atoms with Gasteiger partial charge in [-0.25, -0.2) is 8.42 Å². The zero-order valence-corrected chi connectivity index (χ0v) is 16.0. The third kappa shape index (κ3) is 2.47. The molecule has 0 heterocycles. The zero-order chi connectivity index (χ0) is 18.6. The molecule has 0 spiro atoms. The van der Waals surface area contributed by atoms with Crippen molar-refractivity contribution in [3.63, 3.8) is 0 Å². The molecule has 2 aromatic carbocycles. The third-order valence-corrected chi connectivity index (χ3v) is 7.16. The molecule has 0 aliphatic rings. The van der Waals surface area contributed by atoms with E-state index in [1.165, 1.54) is 0 Å². The third-order valence-electron chi connectivity index (χ3n) is 5.09. The van der Waals surface area contributed by atoms with Gasteiger partial charge in [0.1, 0.15) is 21.3 Å². The van der Waals surface area contributed by atoms with Gasteiger partial charge in [0, 0.05) is 0 Å². The Balaban J connectivity index is 3.00. The molecule has 0 unspecified atom stereocenters. The predicted molar refractivity (Wildman–Crippen MR) is 94.8 cm³/mol. The lowest BCUT2D eigenvalue weighted by atomic mass is 9.98. The number of rotatable bonds is 2. The van der Waals surface area contributed by atoms with Gasteiger partial charge in [0.15, 0.2) is 0 Å². The van der Waals surface area contributed by atoms with E-state index in [0.717, 1.165) is 16.7 Å². The number of phenols is 2. The largest absolute Gasteiger partial charge is 0.506 e. The maximum absolute atomic E-state index is 13.3. The number of benzene rings is 2. The summed E-state index contributed by atoms with van der Waals surface area (Å²) in [5, 5.41) is 21.0. The van der Waals surface area contributed by atoms with Crippen molar-refractivity contribution in [1.29, 1.82) is 0 Å². The van der Waals surface area contributed by atoms with Gasteiger partial charge in [-0.3, -0.25) is 0 Å². The molecule has 0 aliphatic carbocycles. The number of phenolic OH excluding ortho intramolecular Hbond substituents is 2. The summed E-state index contributed by atoms with van der Waals surface area (Å²) < 4.78 is 26.6. The lowest BCUT2D eigenvalue weighted by Crippen LogP contribution is -2.11. The molecule has 0 saturated carbocycles. The lowest BCUT2D eigenvalue weighted by Gasteiger charge is -2.20. The zero-order valence-electron chi connectivity index (χ0n) is 15.2. The van der Waals surface area contributed by atoms with Crippen LogP contribution >= 0.6 is 0 Å². The van der Waals surface area contributed by atoms with Crippen LogP contribution in [0.5, 0.6) is 11.5 Å². The molecule has 0 bridgehead atoms. The minimum atomic E-state index is -4.07. The number of sulfone groups is 1. The Labute approximate surface area is 143 Å². The highest BCUT2D eigenvalue weighted by Crippen LogP contribution is 2.42. The van der Waals surface area contributed by atoms with E-state index >= 15 is 0 Å². The van der Waals surface area contributed by atoms with Gasteiger partial charge < -0.3 is 10.2 Å². The minimum Gasteiger partial charge on any atom is -0.506 e. The van der Waals surface area contributed by atoms with Crippen LogP contribution in [0.1, 0.15) is 38.9 Å². The van der Waals surface area contributed by atoms with Crippen LogP contribution in [0.3, 0.4) is 0 Å². The highest BCUT2D eigenvalue weighted by molar-refractivity contribution is 7.91. The molecule has 2 rings (SSSR count). The average molecular weight is 348 g/mol. The maximum atomic E-state index is 13.3. The summed E-state index contributed by atoms with van der Waals surface area (Å²) in [6.45, 7) is 12.2. The summed E-state index contributed by atoms with van der Waals surface area (Å²) in [4.78, 5) is -0.243. The van der Waals surface area contributed by atoms with Gasteiger partial charge in [-0.2, -0.15) is 0 Å². The Morgan fingerprint density at radius 3 is 1.62 bits per heavy atom. The van der Waals surface area contributed by atoms with Gasteiger partial charge in [-0.15, -0.1) is 0 Å². The molecular weight excluding hydrogens is 324 g/mol. The first kappa shape index (κ1) is 18.3. The molecule has 24 heavy (non-hydrogen) atoms. The molecule has 2 N–H and O–H groups in total. The highest BCUT2D eigenvalue weighted by atomic mass is 32.2. The normalized spacial score (nSPS) is 11.8. The molecule has 4 nitrogen and oxygen atoms in total. The molecule has 0 radical (unpaired) electrons. The highest BCUT2D eigenvalue weighted by Gasteiger charge is 2.32. The van der Waals surface area contributed by atoms with Gasteiger partial charge in [-0.1, -0.05) is 6.07 Å². The Morgan fingerprint density at radius 1 is 0.625 bits per heavy atom. The van der Waals surface area contributed by atoms with Crippen molar-refractivity contribution in [2.45, 2.75) is 58.3 Å². The van der Waals surface area contributed by atoms with E-state index in [4.69, 9.17) is 0 Å². The van der Waals surface area contributed by atoms with E-state index in [2.05, 4.69) is 0 Å². The Morgan fingerprint density at radius 2 is 1.08 bits per heavy atom. The minimum absolute atomic E-state index is 0.119. The summed E-state index contributed by atoms with van der Waals surface area (Å²) in [5.74, 6) is -0.499. The first-order valence-electron chi connectivity index (χ1n) is 7.77. The van der Waals surface area contributed by atoms with Crippen molar-refractivity contribution in [1.82, 2.24) is 0 Å². The van der Waals surface area contributed by atoms with Crippen LogP contribution in [-0.2, 0) is 9.84 Å². The smallest absolute Gasteiger partial charge is 0.214 e. The number of hydrogen-bond acceptors (Lipinski definition) is 4. The second kappa shape index (κ2) is 5.81. The lowest BCUT2D eigenvalue weighted by molar-refractivity contribution is 0.446.